The molecule has 1 rings (SSSR count). The Hall–Kier alpha value is -1.60. The van der Waals surface area contributed by atoms with Gasteiger partial charge in [0.1, 0.15) is 6.54 Å². The smallest absolute Gasteiger partial charge is 0.304 e. The summed E-state index contributed by atoms with van der Waals surface area (Å²) in [4.78, 5) is 14.1. The predicted molar refractivity (Wildman–Crippen MR) is 93.8 cm³/mol. The number of likely N-dealkylation sites (N-methyl/N-ethyl adjacent to an activating group) is 1. The van der Waals surface area contributed by atoms with Crippen LogP contribution >= 0.6 is 0 Å². The Morgan fingerprint density at radius 1 is 1.09 bits per heavy atom. The van der Waals surface area contributed by atoms with Crippen LogP contribution in [0.2, 0.25) is 0 Å². The summed E-state index contributed by atoms with van der Waals surface area (Å²) in [5.41, 5.74) is 2.30. The van der Waals surface area contributed by atoms with Crippen molar-refractivity contribution in [3.8, 4) is 0 Å². The summed E-state index contributed by atoms with van der Waals surface area (Å²) in [6.07, 6.45) is 0. The maximum Gasteiger partial charge on any atom is 0.304 e. The summed E-state index contributed by atoms with van der Waals surface area (Å²) < 4.78 is 27.7. The van der Waals surface area contributed by atoms with Crippen LogP contribution in [0.3, 0.4) is 0 Å². The number of hydrogen-bond donors (Lipinski definition) is 0. The lowest BCUT2D eigenvalue weighted by Crippen LogP contribution is -2.47. The van der Waals surface area contributed by atoms with Crippen molar-refractivity contribution in [1.29, 1.82) is 0 Å². The van der Waals surface area contributed by atoms with Gasteiger partial charge in [-0.05, 0) is 44.9 Å². The van der Waals surface area contributed by atoms with Crippen molar-refractivity contribution in [1.82, 2.24) is 9.21 Å². The molecular weight excluding hydrogens is 314 g/mol. The van der Waals surface area contributed by atoms with E-state index in [0.717, 1.165) is 15.4 Å². The van der Waals surface area contributed by atoms with Crippen LogP contribution in [0.25, 0.3) is 0 Å². The van der Waals surface area contributed by atoms with Crippen LogP contribution in [0.1, 0.15) is 25.0 Å². The van der Waals surface area contributed by atoms with E-state index >= 15 is 0 Å². The maximum absolute atomic E-state index is 12.7. The number of carbonyl (C=O) groups is 1. The molecule has 0 atom stereocenters. The average Bonchev–Trinajstić information content (AvgIpc) is 2.48. The molecule has 1 amide bonds. The first-order valence-corrected chi connectivity index (χ1v) is 9.10. The molecule has 0 spiro atoms. The van der Waals surface area contributed by atoms with Crippen LogP contribution in [0.5, 0.6) is 0 Å². The van der Waals surface area contributed by atoms with Crippen LogP contribution < -0.4 is 4.31 Å². The fraction of sp³-hybridized carbons (Fsp3) is 0.562. The Balaban J connectivity index is 3.34. The predicted octanol–water partition coefficient (Wildman–Crippen LogP) is 1.78. The Morgan fingerprint density at radius 3 is 2.13 bits per heavy atom. The van der Waals surface area contributed by atoms with E-state index < -0.39 is 10.2 Å². The number of nitrogens with zero attached hydrogens (tertiary/aromatic N) is 3. The van der Waals surface area contributed by atoms with Crippen molar-refractivity contribution in [2.75, 3.05) is 38.0 Å². The summed E-state index contributed by atoms with van der Waals surface area (Å²) in [5, 5.41) is 0. The van der Waals surface area contributed by atoms with Gasteiger partial charge in [-0.25, -0.2) is 4.31 Å². The number of rotatable bonds is 7. The largest absolute Gasteiger partial charge is 0.342 e. The van der Waals surface area contributed by atoms with Crippen molar-refractivity contribution in [2.24, 2.45) is 0 Å². The highest BCUT2D eigenvalue weighted by Crippen LogP contribution is 2.25. The number of carbonyl (C=O) groups excluding carboxylic acids is 1. The van der Waals surface area contributed by atoms with Crippen molar-refractivity contribution in [3.63, 3.8) is 0 Å². The third-order valence-electron chi connectivity index (χ3n) is 3.77. The SMILES string of the molecule is CCN(CC)C(=O)CN(c1cc(C)ccc1C)S(=O)(=O)N(C)C. The molecule has 0 aromatic heterocycles. The van der Waals surface area contributed by atoms with E-state index in [1.807, 2.05) is 39.8 Å². The normalized spacial score (nSPS) is 11.6. The molecule has 130 valence electrons. The summed E-state index contributed by atoms with van der Waals surface area (Å²) >= 11 is 0. The van der Waals surface area contributed by atoms with Crippen LogP contribution in [0.4, 0.5) is 5.69 Å². The zero-order valence-electron chi connectivity index (χ0n) is 14.8. The minimum absolute atomic E-state index is 0.202. The lowest BCUT2D eigenvalue weighted by molar-refractivity contribution is -0.129. The van der Waals surface area contributed by atoms with E-state index in [4.69, 9.17) is 0 Å². The van der Waals surface area contributed by atoms with Gasteiger partial charge in [-0.15, -0.1) is 0 Å². The highest BCUT2D eigenvalue weighted by atomic mass is 32.2. The zero-order chi connectivity index (χ0) is 17.8. The molecule has 0 unspecified atom stereocenters. The van der Waals surface area contributed by atoms with Crippen molar-refractivity contribution in [2.45, 2.75) is 27.7 Å². The molecule has 1 aromatic rings. The van der Waals surface area contributed by atoms with E-state index in [1.165, 1.54) is 18.4 Å². The van der Waals surface area contributed by atoms with Crippen molar-refractivity contribution < 1.29 is 13.2 Å². The Bertz CT molecular complexity index is 653. The molecule has 6 nitrogen and oxygen atoms in total. The molecule has 0 saturated carbocycles. The van der Waals surface area contributed by atoms with Gasteiger partial charge in [0.15, 0.2) is 0 Å². The first-order chi connectivity index (χ1) is 10.6. The molecule has 23 heavy (non-hydrogen) atoms. The maximum atomic E-state index is 12.7. The summed E-state index contributed by atoms with van der Waals surface area (Å²) in [6.45, 7) is 8.40. The highest BCUT2D eigenvalue weighted by molar-refractivity contribution is 7.90. The second-order valence-corrected chi connectivity index (χ2v) is 7.72. The van der Waals surface area contributed by atoms with Gasteiger partial charge in [-0.3, -0.25) is 4.79 Å². The minimum Gasteiger partial charge on any atom is -0.342 e. The van der Waals surface area contributed by atoms with Crippen LogP contribution in [-0.2, 0) is 15.0 Å². The topological polar surface area (TPSA) is 60.9 Å². The summed E-state index contributed by atoms with van der Waals surface area (Å²) in [7, 11) is -0.822. The molecular formula is C16H27N3O3S. The van der Waals surface area contributed by atoms with Crippen LogP contribution in [-0.4, -0.2) is 57.3 Å². The van der Waals surface area contributed by atoms with E-state index in [2.05, 4.69) is 0 Å². The van der Waals surface area contributed by atoms with E-state index in [9.17, 15) is 13.2 Å². The molecule has 0 aliphatic heterocycles. The van der Waals surface area contributed by atoms with E-state index in [1.54, 1.807) is 11.0 Å². The molecule has 0 radical (unpaired) electrons. The second kappa shape index (κ2) is 7.79. The number of hydrogen-bond acceptors (Lipinski definition) is 3. The van der Waals surface area contributed by atoms with Crippen LogP contribution in [0.15, 0.2) is 18.2 Å². The minimum atomic E-state index is -3.76. The average molecular weight is 341 g/mol. The van der Waals surface area contributed by atoms with Gasteiger partial charge in [0.05, 0.1) is 5.69 Å². The lowest BCUT2D eigenvalue weighted by Gasteiger charge is -2.30. The van der Waals surface area contributed by atoms with Gasteiger partial charge in [0.2, 0.25) is 5.91 Å². The quantitative estimate of drug-likeness (QED) is 0.759. The standard InChI is InChI=1S/C16H27N3O3S/c1-7-18(8-2)16(20)12-19(23(21,22)17(5)6)15-11-13(3)9-10-14(15)4/h9-11H,7-8,12H2,1-6H3. The summed E-state index contributed by atoms with van der Waals surface area (Å²) in [5.74, 6) is -0.207. The first-order valence-electron chi connectivity index (χ1n) is 7.70. The van der Waals surface area contributed by atoms with E-state index in [-0.39, 0.29) is 12.5 Å². The third-order valence-corrected chi connectivity index (χ3v) is 5.57. The Morgan fingerprint density at radius 2 is 1.65 bits per heavy atom. The second-order valence-electron chi connectivity index (χ2n) is 5.65. The molecule has 0 aliphatic rings. The zero-order valence-corrected chi connectivity index (χ0v) is 15.6. The molecule has 0 saturated heterocycles. The number of amides is 1. The lowest BCUT2D eigenvalue weighted by atomic mass is 10.1. The molecule has 0 heterocycles. The molecule has 0 bridgehead atoms. The molecule has 1 aromatic carbocycles. The fourth-order valence-corrected chi connectivity index (χ4v) is 3.39. The van der Waals surface area contributed by atoms with Gasteiger partial charge >= 0.3 is 10.2 Å². The fourth-order valence-electron chi connectivity index (χ4n) is 2.28. The highest BCUT2D eigenvalue weighted by Gasteiger charge is 2.29. The number of benzene rings is 1. The van der Waals surface area contributed by atoms with Gasteiger partial charge in [0.25, 0.3) is 0 Å². The van der Waals surface area contributed by atoms with Gasteiger partial charge in [-0.2, -0.15) is 12.7 Å². The monoisotopic (exact) mass is 341 g/mol. The Labute approximate surface area is 139 Å². The third kappa shape index (κ3) is 4.45. The molecule has 0 fully saturated rings. The van der Waals surface area contributed by atoms with Crippen molar-refractivity contribution >= 4 is 21.8 Å². The first kappa shape index (κ1) is 19.4. The Kier molecular flexibility index (Phi) is 6.58. The van der Waals surface area contributed by atoms with Crippen molar-refractivity contribution in [3.05, 3.63) is 29.3 Å². The summed E-state index contributed by atoms with van der Waals surface area (Å²) in [6, 6.07) is 5.59. The van der Waals surface area contributed by atoms with Gasteiger partial charge in [0, 0.05) is 27.2 Å². The number of aryl methyl sites for hydroxylation is 2. The van der Waals surface area contributed by atoms with Crippen LogP contribution in [0, 0.1) is 13.8 Å². The van der Waals surface area contributed by atoms with Gasteiger partial charge in [-0.1, -0.05) is 12.1 Å². The van der Waals surface area contributed by atoms with Gasteiger partial charge < -0.3 is 4.90 Å². The molecule has 7 heteroatoms. The molecule has 0 N–H and O–H groups in total. The van der Waals surface area contributed by atoms with E-state index in [0.29, 0.717) is 18.8 Å². The number of anilines is 1. The molecule has 0 aliphatic carbocycles.